The largest absolute Gasteiger partial charge is 0.497 e. The van der Waals surface area contributed by atoms with Gasteiger partial charge in [0.2, 0.25) is 0 Å². The van der Waals surface area contributed by atoms with E-state index < -0.39 is 0 Å². The van der Waals surface area contributed by atoms with Gasteiger partial charge in [0.25, 0.3) is 0 Å². The number of nitrogen functional groups attached to an aromatic ring is 1. The normalized spacial score (nSPS) is 9.30. The van der Waals surface area contributed by atoms with Gasteiger partial charge in [-0.3, -0.25) is 0 Å². The van der Waals surface area contributed by atoms with E-state index in [2.05, 4.69) is 0 Å². The first-order valence-electron chi connectivity index (χ1n) is 2.93. The maximum Gasteiger partial charge on any atom is 0.119 e. The minimum Gasteiger partial charge on any atom is -0.497 e. The minimum atomic E-state index is 0.572. The zero-order valence-electron chi connectivity index (χ0n) is 5.79. The first kappa shape index (κ1) is 7.00. The Hall–Kier alpha value is -1.12. The lowest BCUT2D eigenvalue weighted by Gasteiger charge is -2.03. The topological polar surface area (TPSA) is 35.2 Å². The number of anilines is 1. The summed E-state index contributed by atoms with van der Waals surface area (Å²) in [4.78, 5) is 0. The Kier molecular flexibility index (Phi) is 1.85. The van der Waals surface area contributed by atoms with Crippen molar-refractivity contribution in [2.45, 2.75) is 0 Å². The Morgan fingerprint density at radius 1 is 1.50 bits per heavy atom. The first-order chi connectivity index (χ1) is 4.74. The summed E-state index contributed by atoms with van der Waals surface area (Å²) in [6, 6.07) is 5.15. The van der Waals surface area contributed by atoms with Gasteiger partial charge in [-0.15, -0.1) is 0 Å². The highest BCUT2D eigenvalue weighted by Crippen LogP contribution is 2.08. The monoisotopic (exact) mass is 133 g/mol. The number of hydrogen-bond acceptors (Lipinski definition) is 2. The van der Waals surface area contributed by atoms with Crippen LogP contribution in [0.5, 0.6) is 5.75 Å². The van der Waals surface area contributed by atoms with Gasteiger partial charge in [0.05, 0.1) is 7.11 Å². The number of benzene rings is 1. The van der Waals surface area contributed by atoms with E-state index in [4.69, 9.17) is 18.3 Å². The van der Waals surface area contributed by atoms with Crippen LogP contribution in [-0.4, -0.2) is 15.0 Å². The first-order valence-corrected chi connectivity index (χ1v) is 2.93. The highest BCUT2D eigenvalue weighted by Gasteiger charge is 1.94. The summed E-state index contributed by atoms with van der Waals surface area (Å²) in [5.41, 5.74) is 6.67. The molecule has 0 aliphatic heterocycles. The predicted octanol–water partition coefficient (Wildman–Crippen LogP) is 0.0712. The average Bonchev–Trinajstić information content (AvgIpc) is 1.88. The molecule has 2 nitrogen and oxygen atoms in total. The molecule has 3 heteroatoms. The van der Waals surface area contributed by atoms with E-state index in [1.165, 1.54) is 0 Å². The van der Waals surface area contributed by atoms with Crippen LogP contribution in [-0.2, 0) is 0 Å². The van der Waals surface area contributed by atoms with E-state index in [9.17, 15) is 0 Å². The van der Waals surface area contributed by atoms with Crippen LogP contribution in [0.3, 0.4) is 0 Å². The second kappa shape index (κ2) is 2.65. The lowest BCUT2D eigenvalue weighted by molar-refractivity contribution is 0.418. The maximum atomic E-state index is 5.53. The lowest BCUT2D eigenvalue weighted by Crippen LogP contribution is -2.07. The number of hydrogen-bond donors (Lipinski definition) is 1. The third kappa shape index (κ3) is 1.24. The highest BCUT2D eigenvalue weighted by atomic mass is 16.5. The second-order valence-electron chi connectivity index (χ2n) is 2.00. The van der Waals surface area contributed by atoms with Crippen LogP contribution in [0, 0.1) is 0 Å². The molecule has 0 fully saturated rings. The van der Waals surface area contributed by atoms with Crippen molar-refractivity contribution in [2.75, 3.05) is 12.8 Å². The van der Waals surface area contributed by atoms with Gasteiger partial charge >= 0.3 is 0 Å². The van der Waals surface area contributed by atoms with E-state index >= 15 is 0 Å². The second-order valence-corrected chi connectivity index (χ2v) is 2.00. The summed E-state index contributed by atoms with van der Waals surface area (Å²) in [7, 11) is 7.10. The summed E-state index contributed by atoms with van der Waals surface area (Å²) in [6.45, 7) is 0. The van der Waals surface area contributed by atoms with Gasteiger partial charge in [-0.1, -0.05) is 5.46 Å². The number of ether oxygens (including phenoxy) is 1. The van der Waals surface area contributed by atoms with E-state index in [0.717, 1.165) is 0 Å². The summed E-state index contributed by atoms with van der Waals surface area (Å²) >= 11 is 0. The maximum absolute atomic E-state index is 5.53. The van der Waals surface area contributed by atoms with E-state index in [0.29, 0.717) is 16.9 Å². The van der Waals surface area contributed by atoms with Gasteiger partial charge in [-0.25, -0.2) is 0 Å². The van der Waals surface area contributed by atoms with Crippen molar-refractivity contribution >= 4 is 19.0 Å². The van der Waals surface area contributed by atoms with Gasteiger partial charge in [-0.05, 0) is 18.2 Å². The molecular formula is C7H8BNO. The van der Waals surface area contributed by atoms with Crippen LogP contribution in [0.15, 0.2) is 18.2 Å². The molecule has 10 heavy (non-hydrogen) atoms. The van der Waals surface area contributed by atoms with Gasteiger partial charge in [0.15, 0.2) is 0 Å². The fourth-order valence-electron chi connectivity index (χ4n) is 0.753. The third-order valence-electron chi connectivity index (χ3n) is 1.25. The minimum absolute atomic E-state index is 0.572. The number of rotatable bonds is 1. The van der Waals surface area contributed by atoms with Crippen LogP contribution in [0.25, 0.3) is 0 Å². The number of methoxy groups -OCH3 is 1. The fourth-order valence-corrected chi connectivity index (χ4v) is 0.753. The van der Waals surface area contributed by atoms with Crippen LogP contribution in [0.2, 0.25) is 0 Å². The van der Waals surface area contributed by atoms with Gasteiger partial charge in [0.1, 0.15) is 13.6 Å². The number of nitrogens with two attached hydrogens (primary N) is 1. The van der Waals surface area contributed by atoms with Crippen LogP contribution < -0.4 is 15.9 Å². The SMILES string of the molecule is [B]c1cc(N)ccc1OC. The van der Waals surface area contributed by atoms with Gasteiger partial charge in [0, 0.05) is 5.69 Å². The molecule has 0 amide bonds. The van der Waals surface area contributed by atoms with Crippen molar-refractivity contribution in [3.8, 4) is 5.75 Å². The molecule has 2 N–H and O–H groups in total. The molecule has 0 spiro atoms. The summed E-state index contributed by atoms with van der Waals surface area (Å²) < 4.78 is 4.92. The standard InChI is InChI=1S/C7H8BNO/c1-10-7-3-2-5(9)4-6(7)8/h2-4H,9H2,1H3. The van der Waals surface area contributed by atoms with Crippen molar-refractivity contribution < 1.29 is 4.74 Å². The van der Waals surface area contributed by atoms with Crippen molar-refractivity contribution in [3.05, 3.63) is 18.2 Å². The van der Waals surface area contributed by atoms with Crippen molar-refractivity contribution in [2.24, 2.45) is 0 Å². The third-order valence-corrected chi connectivity index (χ3v) is 1.25. The Morgan fingerprint density at radius 3 is 2.70 bits per heavy atom. The van der Waals surface area contributed by atoms with E-state index in [1.807, 2.05) is 0 Å². The molecule has 0 aliphatic rings. The Balaban J connectivity index is 3.07. The molecule has 1 aromatic carbocycles. The Bertz CT molecular complexity index is 237. The molecule has 0 atom stereocenters. The smallest absolute Gasteiger partial charge is 0.119 e. The van der Waals surface area contributed by atoms with Crippen molar-refractivity contribution in [1.82, 2.24) is 0 Å². The fraction of sp³-hybridized carbons (Fsp3) is 0.143. The predicted molar refractivity (Wildman–Crippen MR) is 42.8 cm³/mol. The van der Waals surface area contributed by atoms with Crippen LogP contribution in [0.1, 0.15) is 0 Å². The Labute approximate surface area is 61.4 Å². The Morgan fingerprint density at radius 2 is 2.20 bits per heavy atom. The van der Waals surface area contributed by atoms with E-state index in [-0.39, 0.29) is 0 Å². The summed E-state index contributed by atoms with van der Waals surface area (Å²) in [6.07, 6.45) is 0. The molecule has 2 radical (unpaired) electrons. The molecule has 1 rings (SSSR count). The molecule has 50 valence electrons. The zero-order chi connectivity index (χ0) is 7.56. The molecule has 0 saturated carbocycles. The molecule has 0 bridgehead atoms. The quantitative estimate of drug-likeness (QED) is 0.434. The molecule has 0 heterocycles. The summed E-state index contributed by atoms with van der Waals surface area (Å²) in [5.74, 6) is 0.661. The highest BCUT2D eigenvalue weighted by molar-refractivity contribution is 6.34. The molecule has 0 unspecified atom stereocenters. The lowest BCUT2D eigenvalue weighted by atomic mass is 9.95. The van der Waals surface area contributed by atoms with Gasteiger partial charge < -0.3 is 10.5 Å². The van der Waals surface area contributed by atoms with Crippen molar-refractivity contribution in [1.29, 1.82) is 0 Å². The van der Waals surface area contributed by atoms with Crippen LogP contribution >= 0.6 is 0 Å². The average molecular weight is 133 g/mol. The molecule has 0 aromatic heterocycles. The molecule has 0 aliphatic carbocycles. The summed E-state index contributed by atoms with van der Waals surface area (Å²) in [5, 5.41) is 0. The molecular weight excluding hydrogens is 125 g/mol. The molecule has 1 aromatic rings. The van der Waals surface area contributed by atoms with Gasteiger partial charge in [-0.2, -0.15) is 0 Å². The van der Waals surface area contributed by atoms with Crippen LogP contribution in [0.4, 0.5) is 5.69 Å². The molecule has 0 saturated heterocycles. The van der Waals surface area contributed by atoms with Crippen molar-refractivity contribution in [3.63, 3.8) is 0 Å². The zero-order valence-corrected chi connectivity index (χ0v) is 5.79. The van der Waals surface area contributed by atoms with E-state index in [1.54, 1.807) is 25.3 Å².